The van der Waals surface area contributed by atoms with Crippen LogP contribution in [0, 0.1) is 6.92 Å². The van der Waals surface area contributed by atoms with Crippen molar-refractivity contribution in [3.63, 3.8) is 0 Å². The van der Waals surface area contributed by atoms with Crippen LogP contribution in [-0.2, 0) is 13.0 Å². The van der Waals surface area contributed by atoms with Gasteiger partial charge in [-0.2, -0.15) is 0 Å². The zero-order valence-electron chi connectivity index (χ0n) is 15.9. The van der Waals surface area contributed by atoms with Crippen molar-refractivity contribution in [3.05, 3.63) is 82.5 Å². The van der Waals surface area contributed by atoms with Crippen molar-refractivity contribution in [2.75, 3.05) is 18.9 Å². The number of anilines is 1. The maximum absolute atomic E-state index is 12.8. The fourth-order valence-corrected chi connectivity index (χ4v) is 2.94. The first-order valence-corrected chi connectivity index (χ1v) is 9.38. The quantitative estimate of drug-likeness (QED) is 0.659. The van der Waals surface area contributed by atoms with Crippen molar-refractivity contribution in [3.8, 4) is 0 Å². The molecule has 0 fully saturated rings. The highest BCUT2D eigenvalue weighted by atomic mass is 35.5. The first-order chi connectivity index (χ1) is 13.5. The summed E-state index contributed by atoms with van der Waals surface area (Å²) in [6.45, 7) is 2.88. The molecule has 1 aromatic carbocycles. The molecule has 1 N–H and O–H groups in total. The molecule has 144 valence electrons. The smallest absolute Gasteiger partial charge is 0.272 e. The minimum atomic E-state index is -0.139. The predicted octanol–water partition coefficient (Wildman–Crippen LogP) is 3.76. The van der Waals surface area contributed by atoms with Crippen LogP contribution in [0.1, 0.15) is 27.4 Å². The molecule has 28 heavy (non-hydrogen) atoms. The second kappa shape index (κ2) is 9.28. The Kier molecular flexibility index (Phi) is 6.55. The molecule has 0 atom stereocenters. The number of aromatic nitrogens is 3. The number of aryl methyl sites for hydroxylation is 1. The van der Waals surface area contributed by atoms with Crippen LogP contribution in [0.5, 0.6) is 0 Å². The Bertz CT molecular complexity index is 949. The Labute approximate surface area is 169 Å². The summed E-state index contributed by atoms with van der Waals surface area (Å²) in [7, 11) is 1.78. The standard InChI is InChI=1S/C21H22ClN5O/c1-15-25-19(21(28)27(2)12-9-16-7-10-23-11-8-16)13-20(26-15)24-14-17-5-3-4-6-18(17)22/h3-8,10-11,13H,9,12,14H2,1-2H3,(H,24,25,26). The molecule has 0 saturated heterocycles. The fraction of sp³-hybridized carbons (Fsp3) is 0.238. The lowest BCUT2D eigenvalue weighted by Gasteiger charge is -2.17. The summed E-state index contributed by atoms with van der Waals surface area (Å²) in [5.74, 6) is 0.994. The molecule has 1 amide bonds. The molecule has 2 aromatic heterocycles. The van der Waals surface area contributed by atoms with Gasteiger partial charge in [0.2, 0.25) is 0 Å². The molecule has 0 spiro atoms. The first kappa shape index (κ1) is 19.8. The summed E-state index contributed by atoms with van der Waals surface area (Å²) >= 11 is 6.19. The molecule has 6 nitrogen and oxygen atoms in total. The number of nitrogens with zero attached hydrogens (tertiary/aromatic N) is 4. The maximum Gasteiger partial charge on any atom is 0.272 e. The highest BCUT2D eigenvalue weighted by Crippen LogP contribution is 2.17. The van der Waals surface area contributed by atoms with E-state index in [0.717, 1.165) is 17.5 Å². The zero-order valence-corrected chi connectivity index (χ0v) is 16.6. The Morgan fingerprint density at radius 3 is 2.64 bits per heavy atom. The number of carbonyl (C=O) groups is 1. The van der Waals surface area contributed by atoms with Gasteiger partial charge in [0.15, 0.2) is 0 Å². The molecule has 3 aromatic rings. The maximum atomic E-state index is 12.8. The second-order valence-corrected chi connectivity index (χ2v) is 6.87. The van der Waals surface area contributed by atoms with E-state index >= 15 is 0 Å². The molecular weight excluding hydrogens is 374 g/mol. The Morgan fingerprint density at radius 1 is 1.14 bits per heavy atom. The number of hydrogen-bond acceptors (Lipinski definition) is 5. The second-order valence-electron chi connectivity index (χ2n) is 6.46. The molecule has 0 radical (unpaired) electrons. The van der Waals surface area contributed by atoms with E-state index in [1.54, 1.807) is 37.3 Å². The van der Waals surface area contributed by atoms with Gasteiger partial charge in [0, 0.05) is 43.6 Å². The molecule has 2 heterocycles. The van der Waals surface area contributed by atoms with Crippen LogP contribution in [0.2, 0.25) is 5.02 Å². The number of pyridine rings is 1. The van der Waals surface area contributed by atoms with Gasteiger partial charge in [0.1, 0.15) is 17.3 Å². The van der Waals surface area contributed by atoms with Crippen molar-refractivity contribution in [1.29, 1.82) is 0 Å². The van der Waals surface area contributed by atoms with E-state index in [2.05, 4.69) is 20.3 Å². The summed E-state index contributed by atoms with van der Waals surface area (Å²) in [5.41, 5.74) is 2.46. The topological polar surface area (TPSA) is 71.0 Å². The third kappa shape index (κ3) is 5.27. The van der Waals surface area contributed by atoms with E-state index in [1.165, 1.54) is 0 Å². The number of likely N-dealkylation sites (N-methyl/N-ethyl adjacent to an activating group) is 1. The van der Waals surface area contributed by atoms with E-state index in [4.69, 9.17) is 11.6 Å². The third-order valence-corrected chi connectivity index (χ3v) is 4.68. The van der Waals surface area contributed by atoms with Crippen molar-refractivity contribution >= 4 is 23.3 Å². The number of carbonyl (C=O) groups excluding carboxylic acids is 1. The summed E-state index contributed by atoms with van der Waals surface area (Å²) in [6.07, 6.45) is 4.26. The first-order valence-electron chi connectivity index (χ1n) is 9.00. The lowest BCUT2D eigenvalue weighted by Crippen LogP contribution is -2.30. The number of nitrogens with one attached hydrogen (secondary N) is 1. The number of rotatable bonds is 7. The van der Waals surface area contributed by atoms with Gasteiger partial charge in [-0.05, 0) is 42.7 Å². The van der Waals surface area contributed by atoms with Crippen LogP contribution in [-0.4, -0.2) is 39.4 Å². The molecule has 3 rings (SSSR count). The summed E-state index contributed by atoms with van der Waals surface area (Å²) in [6, 6.07) is 13.2. The van der Waals surface area contributed by atoms with E-state index in [0.29, 0.717) is 35.4 Å². The average molecular weight is 396 g/mol. The monoisotopic (exact) mass is 395 g/mol. The summed E-state index contributed by atoms with van der Waals surface area (Å²) in [5, 5.41) is 3.91. The van der Waals surface area contributed by atoms with Crippen LogP contribution in [0.25, 0.3) is 0 Å². The normalized spacial score (nSPS) is 10.5. The van der Waals surface area contributed by atoms with E-state index < -0.39 is 0 Å². The molecule has 7 heteroatoms. The molecule has 0 saturated carbocycles. The van der Waals surface area contributed by atoms with Gasteiger partial charge in [0.05, 0.1) is 0 Å². The van der Waals surface area contributed by atoms with E-state index in [-0.39, 0.29) is 5.91 Å². The lowest BCUT2D eigenvalue weighted by molar-refractivity contribution is 0.0790. The van der Waals surface area contributed by atoms with Gasteiger partial charge in [0.25, 0.3) is 5.91 Å². The van der Waals surface area contributed by atoms with Crippen molar-refractivity contribution in [2.24, 2.45) is 0 Å². The number of hydrogen-bond donors (Lipinski definition) is 1. The molecule has 0 aliphatic carbocycles. The lowest BCUT2D eigenvalue weighted by atomic mass is 10.2. The number of benzene rings is 1. The van der Waals surface area contributed by atoms with Crippen LogP contribution in [0.3, 0.4) is 0 Å². The summed E-state index contributed by atoms with van der Waals surface area (Å²) in [4.78, 5) is 27.1. The van der Waals surface area contributed by atoms with Crippen LogP contribution < -0.4 is 5.32 Å². The SMILES string of the molecule is Cc1nc(NCc2ccccc2Cl)cc(C(=O)N(C)CCc2ccncc2)n1. The van der Waals surface area contributed by atoms with Gasteiger partial charge in [-0.3, -0.25) is 9.78 Å². The Balaban J connectivity index is 1.66. The van der Waals surface area contributed by atoms with Crippen LogP contribution >= 0.6 is 11.6 Å². The third-order valence-electron chi connectivity index (χ3n) is 4.31. The highest BCUT2D eigenvalue weighted by molar-refractivity contribution is 6.31. The van der Waals surface area contributed by atoms with Crippen molar-refractivity contribution in [1.82, 2.24) is 19.9 Å². The minimum Gasteiger partial charge on any atom is -0.366 e. The Morgan fingerprint density at radius 2 is 1.89 bits per heavy atom. The fourth-order valence-electron chi connectivity index (χ4n) is 2.74. The van der Waals surface area contributed by atoms with Crippen molar-refractivity contribution in [2.45, 2.75) is 19.9 Å². The van der Waals surface area contributed by atoms with E-state index in [9.17, 15) is 4.79 Å². The summed E-state index contributed by atoms with van der Waals surface area (Å²) < 4.78 is 0. The van der Waals surface area contributed by atoms with Gasteiger partial charge in [-0.15, -0.1) is 0 Å². The minimum absolute atomic E-state index is 0.139. The average Bonchev–Trinajstić information content (AvgIpc) is 2.71. The van der Waals surface area contributed by atoms with E-state index in [1.807, 2.05) is 36.4 Å². The van der Waals surface area contributed by atoms with Gasteiger partial charge < -0.3 is 10.2 Å². The van der Waals surface area contributed by atoms with Crippen LogP contribution in [0.15, 0.2) is 54.9 Å². The van der Waals surface area contributed by atoms with Crippen LogP contribution in [0.4, 0.5) is 5.82 Å². The molecule has 0 aliphatic rings. The number of amides is 1. The van der Waals surface area contributed by atoms with Crippen molar-refractivity contribution < 1.29 is 4.79 Å². The molecular formula is C21H22ClN5O. The highest BCUT2D eigenvalue weighted by Gasteiger charge is 2.15. The zero-order chi connectivity index (χ0) is 19.9. The largest absolute Gasteiger partial charge is 0.366 e. The Hall–Kier alpha value is -2.99. The van der Waals surface area contributed by atoms with Gasteiger partial charge in [-0.25, -0.2) is 9.97 Å². The molecule has 0 bridgehead atoms. The molecule has 0 unspecified atom stereocenters. The predicted molar refractivity (Wildman–Crippen MR) is 110 cm³/mol. The molecule has 0 aliphatic heterocycles. The van der Waals surface area contributed by atoms with Gasteiger partial charge in [-0.1, -0.05) is 29.8 Å². The number of halogens is 1. The van der Waals surface area contributed by atoms with Gasteiger partial charge >= 0.3 is 0 Å².